The fourth-order valence-corrected chi connectivity index (χ4v) is 0.971. The number of hydrogen-bond acceptors (Lipinski definition) is 5. The van der Waals surface area contributed by atoms with Gasteiger partial charge in [0.15, 0.2) is 0 Å². The van der Waals surface area contributed by atoms with E-state index in [1.54, 1.807) is 0 Å². The quantitative estimate of drug-likeness (QED) is 0.557. The molecule has 0 atom stereocenters. The minimum atomic E-state index is 0.471. The van der Waals surface area contributed by atoms with Gasteiger partial charge < -0.3 is 10.2 Å². The predicted octanol–water partition coefficient (Wildman–Crippen LogP) is 1.11. The van der Waals surface area contributed by atoms with Gasteiger partial charge in [-0.05, 0) is 12.8 Å². The van der Waals surface area contributed by atoms with Crippen molar-refractivity contribution in [2.45, 2.75) is 20.8 Å². The van der Waals surface area contributed by atoms with E-state index in [9.17, 15) is 0 Å². The van der Waals surface area contributed by atoms with Crippen molar-refractivity contribution in [3.63, 3.8) is 0 Å². The first-order valence-corrected chi connectivity index (χ1v) is 4.56. The third-order valence-electron chi connectivity index (χ3n) is 1.73. The van der Waals surface area contributed by atoms with Crippen LogP contribution >= 0.6 is 0 Å². The van der Waals surface area contributed by atoms with Crippen molar-refractivity contribution in [3.05, 3.63) is 11.9 Å². The van der Waals surface area contributed by atoms with E-state index in [1.807, 2.05) is 6.92 Å². The van der Waals surface area contributed by atoms with Crippen LogP contribution in [0.2, 0.25) is 0 Å². The van der Waals surface area contributed by atoms with Crippen LogP contribution in [-0.4, -0.2) is 16.6 Å². The highest BCUT2D eigenvalue weighted by Crippen LogP contribution is 2.19. The van der Waals surface area contributed by atoms with E-state index in [4.69, 9.17) is 10.6 Å². The highest BCUT2D eigenvalue weighted by molar-refractivity contribution is 5.46. The van der Waals surface area contributed by atoms with Crippen LogP contribution in [-0.2, 0) is 0 Å². The van der Waals surface area contributed by atoms with E-state index in [2.05, 4.69) is 29.2 Å². The molecule has 0 amide bonds. The Bertz CT molecular complexity index is 301. The fourth-order valence-electron chi connectivity index (χ4n) is 0.971. The van der Waals surface area contributed by atoms with Crippen molar-refractivity contribution in [3.8, 4) is 5.88 Å². The molecule has 0 saturated carbocycles. The molecule has 5 nitrogen and oxygen atoms in total. The number of hydrogen-bond donors (Lipinski definition) is 2. The average molecular weight is 196 g/mol. The Balaban J connectivity index is 2.76. The molecule has 78 valence electrons. The lowest BCUT2D eigenvalue weighted by atomic mass is 10.2. The van der Waals surface area contributed by atoms with E-state index < -0.39 is 0 Å². The second-order valence-electron chi connectivity index (χ2n) is 3.50. The van der Waals surface area contributed by atoms with E-state index in [1.165, 1.54) is 6.33 Å². The van der Waals surface area contributed by atoms with Gasteiger partial charge in [0.2, 0.25) is 5.88 Å². The molecule has 0 bridgehead atoms. The number of aromatic nitrogens is 2. The highest BCUT2D eigenvalue weighted by Gasteiger charge is 2.07. The molecule has 0 aliphatic rings. The van der Waals surface area contributed by atoms with Crippen molar-refractivity contribution < 1.29 is 4.74 Å². The summed E-state index contributed by atoms with van der Waals surface area (Å²) in [6, 6.07) is 0. The molecule has 1 aromatic rings. The van der Waals surface area contributed by atoms with Gasteiger partial charge in [-0.15, -0.1) is 0 Å². The van der Waals surface area contributed by atoms with Crippen LogP contribution in [0.25, 0.3) is 0 Å². The van der Waals surface area contributed by atoms with E-state index in [-0.39, 0.29) is 0 Å². The first-order chi connectivity index (χ1) is 6.65. The lowest BCUT2D eigenvalue weighted by molar-refractivity contribution is 0.259. The number of rotatable bonds is 4. The summed E-state index contributed by atoms with van der Waals surface area (Å²) in [7, 11) is 0. The van der Waals surface area contributed by atoms with E-state index in [0.29, 0.717) is 24.2 Å². The molecule has 1 heterocycles. The zero-order chi connectivity index (χ0) is 10.6. The molecule has 0 saturated heterocycles. The maximum atomic E-state index is 5.49. The molecule has 0 spiro atoms. The van der Waals surface area contributed by atoms with Gasteiger partial charge >= 0.3 is 0 Å². The number of nitrogens with zero attached hydrogens (tertiary/aromatic N) is 2. The summed E-state index contributed by atoms with van der Waals surface area (Å²) in [6.07, 6.45) is 1.43. The summed E-state index contributed by atoms with van der Waals surface area (Å²) >= 11 is 0. The zero-order valence-corrected chi connectivity index (χ0v) is 8.74. The molecular weight excluding hydrogens is 180 g/mol. The van der Waals surface area contributed by atoms with Gasteiger partial charge in [0.05, 0.1) is 12.2 Å². The molecule has 1 rings (SSSR count). The summed E-state index contributed by atoms with van der Waals surface area (Å²) in [4.78, 5) is 7.99. The summed E-state index contributed by atoms with van der Waals surface area (Å²) in [6.45, 7) is 6.67. The maximum absolute atomic E-state index is 5.49. The SMILES string of the molecule is Cc1c(NN)ncnc1OCC(C)C. The monoisotopic (exact) mass is 196 g/mol. The van der Waals surface area contributed by atoms with Gasteiger partial charge in [0.25, 0.3) is 0 Å². The van der Waals surface area contributed by atoms with Gasteiger partial charge in [-0.25, -0.2) is 15.8 Å². The van der Waals surface area contributed by atoms with Crippen LogP contribution in [0.5, 0.6) is 5.88 Å². The van der Waals surface area contributed by atoms with Crippen LogP contribution < -0.4 is 16.0 Å². The van der Waals surface area contributed by atoms with Crippen LogP contribution in [0.4, 0.5) is 5.82 Å². The van der Waals surface area contributed by atoms with Gasteiger partial charge in [-0.3, -0.25) is 0 Å². The third kappa shape index (κ3) is 2.56. The Morgan fingerprint density at radius 3 is 2.79 bits per heavy atom. The van der Waals surface area contributed by atoms with Crippen molar-refractivity contribution >= 4 is 5.82 Å². The highest BCUT2D eigenvalue weighted by atomic mass is 16.5. The normalized spacial score (nSPS) is 10.4. The Kier molecular flexibility index (Phi) is 3.64. The van der Waals surface area contributed by atoms with Crippen molar-refractivity contribution in [2.75, 3.05) is 12.0 Å². The largest absolute Gasteiger partial charge is 0.477 e. The number of hydrazine groups is 1. The minimum absolute atomic E-state index is 0.471. The van der Waals surface area contributed by atoms with Gasteiger partial charge in [-0.1, -0.05) is 13.8 Å². The Hall–Kier alpha value is -1.36. The molecule has 3 N–H and O–H groups in total. The topological polar surface area (TPSA) is 73.1 Å². The number of nitrogen functional groups attached to an aromatic ring is 1. The Morgan fingerprint density at radius 2 is 2.21 bits per heavy atom. The minimum Gasteiger partial charge on any atom is -0.477 e. The molecule has 1 aromatic heterocycles. The number of ether oxygens (including phenoxy) is 1. The molecule has 0 radical (unpaired) electrons. The summed E-state index contributed by atoms with van der Waals surface area (Å²) in [5, 5.41) is 0. The van der Waals surface area contributed by atoms with Crippen LogP contribution in [0, 0.1) is 12.8 Å². The first-order valence-electron chi connectivity index (χ1n) is 4.56. The molecule has 14 heavy (non-hydrogen) atoms. The van der Waals surface area contributed by atoms with Crippen LogP contribution in [0.15, 0.2) is 6.33 Å². The predicted molar refractivity (Wildman–Crippen MR) is 54.9 cm³/mol. The molecular formula is C9H16N4O. The smallest absolute Gasteiger partial charge is 0.221 e. The van der Waals surface area contributed by atoms with Crippen molar-refractivity contribution in [1.29, 1.82) is 0 Å². The lowest BCUT2D eigenvalue weighted by Gasteiger charge is -2.11. The van der Waals surface area contributed by atoms with Gasteiger partial charge in [0.1, 0.15) is 12.1 Å². The molecule has 0 unspecified atom stereocenters. The maximum Gasteiger partial charge on any atom is 0.221 e. The van der Waals surface area contributed by atoms with Gasteiger partial charge in [-0.2, -0.15) is 0 Å². The number of anilines is 1. The lowest BCUT2D eigenvalue weighted by Crippen LogP contribution is -2.13. The summed E-state index contributed by atoms with van der Waals surface area (Å²) < 4.78 is 5.49. The second-order valence-corrected chi connectivity index (χ2v) is 3.50. The van der Waals surface area contributed by atoms with E-state index >= 15 is 0 Å². The Morgan fingerprint density at radius 1 is 1.50 bits per heavy atom. The molecule has 0 aliphatic carbocycles. The summed E-state index contributed by atoms with van der Waals surface area (Å²) in [5.41, 5.74) is 3.32. The number of nitrogens with two attached hydrogens (primary N) is 1. The third-order valence-corrected chi connectivity index (χ3v) is 1.73. The molecule has 0 aromatic carbocycles. The Labute approximate surface area is 83.7 Å². The van der Waals surface area contributed by atoms with Gasteiger partial charge in [0, 0.05) is 0 Å². The molecule has 5 heteroatoms. The van der Waals surface area contributed by atoms with Crippen LogP contribution in [0.3, 0.4) is 0 Å². The second kappa shape index (κ2) is 4.76. The van der Waals surface area contributed by atoms with Crippen molar-refractivity contribution in [1.82, 2.24) is 9.97 Å². The van der Waals surface area contributed by atoms with Crippen LogP contribution in [0.1, 0.15) is 19.4 Å². The summed E-state index contributed by atoms with van der Waals surface area (Å²) in [5.74, 6) is 6.93. The van der Waals surface area contributed by atoms with Crippen molar-refractivity contribution in [2.24, 2.45) is 11.8 Å². The standard InChI is InChI=1S/C9H16N4O/c1-6(2)4-14-9-7(3)8(13-10)11-5-12-9/h5-6H,4,10H2,1-3H3,(H,11,12,13). The average Bonchev–Trinajstić information content (AvgIpc) is 2.16. The fraction of sp³-hybridized carbons (Fsp3) is 0.556. The molecule has 0 aliphatic heterocycles. The zero-order valence-electron chi connectivity index (χ0n) is 8.74. The molecule has 0 fully saturated rings. The van der Waals surface area contributed by atoms with E-state index in [0.717, 1.165) is 5.56 Å². The number of nitrogens with one attached hydrogen (secondary N) is 1. The first kappa shape index (κ1) is 10.7.